The van der Waals surface area contributed by atoms with Crippen LogP contribution in [0.4, 0.5) is 0 Å². The summed E-state index contributed by atoms with van der Waals surface area (Å²) in [6.07, 6.45) is 0. The van der Waals surface area contributed by atoms with Crippen LogP contribution < -0.4 is 4.74 Å². The predicted molar refractivity (Wildman–Crippen MR) is 98.8 cm³/mol. The number of rotatable bonds is 4. The first kappa shape index (κ1) is 14.9. The zero-order valence-electron chi connectivity index (χ0n) is 13.2. The second-order valence-electron chi connectivity index (χ2n) is 5.38. The Hall–Kier alpha value is -2.65. The molecular formula is C21H16O2S. The Bertz CT molecular complexity index is 973. The second-order valence-corrected chi connectivity index (χ2v) is 6.43. The number of fused-ring (bicyclic) bond motifs is 1. The number of benzene rings is 3. The Morgan fingerprint density at radius 2 is 1.50 bits per heavy atom. The quantitative estimate of drug-likeness (QED) is 0.440. The van der Waals surface area contributed by atoms with E-state index in [1.807, 2.05) is 54.6 Å². The molecule has 0 fully saturated rings. The molecule has 0 saturated carbocycles. The largest absolute Gasteiger partial charge is 0.496 e. The summed E-state index contributed by atoms with van der Waals surface area (Å²) in [7, 11) is 1.70. The lowest BCUT2D eigenvalue weighted by molar-refractivity contribution is 0.405. The number of methoxy groups -OCH3 is 1. The van der Waals surface area contributed by atoms with Crippen LogP contribution in [0.15, 0.2) is 93.1 Å². The van der Waals surface area contributed by atoms with E-state index in [0.717, 1.165) is 37.8 Å². The highest BCUT2D eigenvalue weighted by Crippen LogP contribution is 2.45. The maximum atomic E-state index is 6.17. The minimum absolute atomic E-state index is 0.867. The molecular weight excluding hydrogens is 316 g/mol. The predicted octanol–water partition coefficient (Wildman–Crippen LogP) is 6.26. The summed E-state index contributed by atoms with van der Waals surface area (Å²) >= 11 is 1.68. The minimum Gasteiger partial charge on any atom is -0.496 e. The van der Waals surface area contributed by atoms with Gasteiger partial charge in [-0.1, -0.05) is 66.4 Å². The Labute approximate surface area is 145 Å². The van der Waals surface area contributed by atoms with Crippen LogP contribution >= 0.6 is 11.8 Å². The average molecular weight is 332 g/mol. The van der Waals surface area contributed by atoms with Crippen LogP contribution in [0.25, 0.3) is 22.3 Å². The van der Waals surface area contributed by atoms with Gasteiger partial charge in [0.05, 0.1) is 16.9 Å². The summed E-state index contributed by atoms with van der Waals surface area (Å²) in [4.78, 5) is 2.19. The van der Waals surface area contributed by atoms with E-state index in [-0.39, 0.29) is 0 Å². The van der Waals surface area contributed by atoms with Gasteiger partial charge in [-0.25, -0.2) is 0 Å². The van der Waals surface area contributed by atoms with Gasteiger partial charge >= 0.3 is 0 Å². The zero-order valence-corrected chi connectivity index (χ0v) is 14.0. The summed E-state index contributed by atoms with van der Waals surface area (Å²) in [5.41, 5.74) is 1.97. The van der Waals surface area contributed by atoms with Crippen molar-refractivity contribution in [2.24, 2.45) is 0 Å². The zero-order chi connectivity index (χ0) is 16.4. The van der Waals surface area contributed by atoms with Crippen LogP contribution in [0.1, 0.15) is 0 Å². The van der Waals surface area contributed by atoms with Gasteiger partial charge in [0.1, 0.15) is 17.1 Å². The van der Waals surface area contributed by atoms with Gasteiger partial charge in [0, 0.05) is 10.9 Å². The lowest BCUT2D eigenvalue weighted by atomic mass is 10.1. The molecule has 4 rings (SSSR count). The normalized spacial score (nSPS) is 10.9. The third-order valence-corrected chi connectivity index (χ3v) is 5.03. The lowest BCUT2D eigenvalue weighted by Gasteiger charge is -2.08. The van der Waals surface area contributed by atoms with Crippen LogP contribution in [-0.4, -0.2) is 7.11 Å². The smallest absolute Gasteiger partial charge is 0.149 e. The van der Waals surface area contributed by atoms with Crippen molar-refractivity contribution in [3.05, 3.63) is 78.9 Å². The topological polar surface area (TPSA) is 22.4 Å². The Kier molecular flexibility index (Phi) is 4.01. The van der Waals surface area contributed by atoms with Gasteiger partial charge in [-0.05, 0) is 24.3 Å². The Morgan fingerprint density at radius 1 is 0.792 bits per heavy atom. The first-order valence-corrected chi connectivity index (χ1v) is 8.56. The summed E-state index contributed by atoms with van der Waals surface area (Å²) in [5.74, 6) is 1.76. The van der Waals surface area contributed by atoms with Gasteiger partial charge in [0.15, 0.2) is 0 Å². The molecule has 0 N–H and O–H groups in total. The van der Waals surface area contributed by atoms with E-state index in [0.29, 0.717) is 0 Å². The fraction of sp³-hybridized carbons (Fsp3) is 0.0476. The van der Waals surface area contributed by atoms with Crippen LogP contribution in [0.2, 0.25) is 0 Å². The monoisotopic (exact) mass is 332 g/mol. The lowest BCUT2D eigenvalue weighted by Crippen LogP contribution is -1.85. The molecule has 4 aromatic rings. The van der Waals surface area contributed by atoms with Gasteiger partial charge in [0.25, 0.3) is 0 Å². The van der Waals surface area contributed by atoms with Crippen molar-refractivity contribution < 1.29 is 9.15 Å². The fourth-order valence-corrected chi connectivity index (χ4v) is 3.87. The fourth-order valence-electron chi connectivity index (χ4n) is 2.72. The second kappa shape index (κ2) is 6.46. The third-order valence-electron chi connectivity index (χ3n) is 3.87. The van der Waals surface area contributed by atoms with Crippen molar-refractivity contribution in [1.29, 1.82) is 0 Å². The number of ether oxygens (including phenoxy) is 1. The standard InChI is InChI=1S/C21H16O2S/c1-22-18-13-7-8-14-19(18)24-21-16-11-5-6-12-17(16)23-20(21)15-9-3-2-4-10-15/h2-14H,1H3. The maximum Gasteiger partial charge on any atom is 0.149 e. The van der Waals surface area contributed by atoms with E-state index in [1.165, 1.54) is 0 Å². The highest BCUT2D eigenvalue weighted by Gasteiger charge is 2.18. The number of furan rings is 1. The highest BCUT2D eigenvalue weighted by molar-refractivity contribution is 7.99. The molecule has 0 atom stereocenters. The van der Waals surface area contributed by atoms with Crippen LogP contribution in [0.5, 0.6) is 5.75 Å². The van der Waals surface area contributed by atoms with Crippen molar-refractivity contribution in [3.8, 4) is 17.1 Å². The average Bonchev–Trinajstić information content (AvgIpc) is 3.02. The van der Waals surface area contributed by atoms with Crippen molar-refractivity contribution in [2.75, 3.05) is 7.11 Å². The maximum absolute atomic E-state index is 6.17. The van der Waals surface area contributed by atoms with E-state index < -0.39 is 0 Å². The minimum atomic E-state index is 0.867. The van der Waals surface area contributed by atoms with E-state index in [1.54, 1.807) is 18.9 Å². The van der Waals surface area contributed by atoms with Crippen LogP contribution in [0.3, 0.4) is 0 Å². The van der Waals surface area contributed by atoms with Crippen molar-refractivity contribution in [1.82, 2.24) is 0 Å². The van der Waals surface area contributed by atoms with Crippen molar-refractivity contribution >= 4 is 22.7 Å². The molecule has 0 aliphatic carbocycles. The molecule has 0 amide bonds. The molecule has 0 aliphatic heterocycles. The number of hydrogen-bond donors (Lipinski definition) is 0. The van der Waals surface area contributed by atoms with E-state index in [4.69, 9.17) is 9.15 Å². The van der Waals surface area contributed by atoms with Gasteiger partial charge < -0.3 is 9.15 Å². The highest BCUT2D eigenvalue weighted by atomic mass is 32.2. The van der Waals surface area contributed by atoms with Crippen LogP contribution in [-0.2, 0) is 0 Å². The molecule has 1 heterocycles. The Morgan fingerprint density at radius 3 is 2.33 bits per heavy atom. The van der Waals surface area contributed by atoms with Gasteiger partial charge in [-0.2, -0.15) is 0 Å². The molecule has 118 valence electrons. The molecule has 0 spiro atoms. The van der Waals surface area contributed by atoms with E-state index in [2.05, 4.69) is 24.3 Å². The SMILES string of the molecule is COc1ccccc1Sc1c(-c2ccccc2)oc2ccccc12. The summed E-state index contributed by atoms with van der Waals surface area (Å²) in [5, 5.41) is 1.12. The van der Waals surface area contributed by atoms with E-state index in [9.17, 15) is 0 Å². The summed E-state index contributed by atoms with van der Waals surface area (Å²) in [6, 6.07) is 26.4. The molecule has 1 aromatic heterocycles. The van der Waals surface area contributed by atoms with E-state index >= 15 is 0 Å². The molecule has 0 saturated heterocycles. The number of hydrogen-bond acceptors (Lipinski definition) is 3. The Balaban J connectivity index is 1.90. The first-order valence-electron chi connectivity index (χ1n) is 7.74. The molecule has 0 radical (unpaired) electrons. The third kappa shape index (κ3) is 2.68. The molecule has 2 nitrogen and oxygen atoms in total. The number of para-hydroxylation sites is 2. The molecule has 3 heteroatoms. The summed E-state index contributed by atoms with van der Waals surface area (Å²) in [6.45, 7) is 0. The molecule has 0 aliphatic rings. The van der Waals surface area contributed by atoms with Crippen molar-refractivity contribution in [3.63, 3.8) is 0 Å². The molecule has 0 bridgehead atoms. The molecule has 3 aromatic carbocycles. The molecule has 0 unspecified atom stereocenters. The van der Waals surface area contributed by atoms with Crippen LogP contribution in [0, 0.1) is 0 Å². The van der Waals surface area contributed by atoms with Gasteiger partial charge in [-0.3, -0.25) is 0 Å². The summed E-state index contributed by atoms with van der Waals surface area (Å²) < 4.78 is 11.7. The molecule has 24 heavy (non-hydrogen) atoms. The van der Waals surface area contributed by atoms with Gasteiger partial charge in [-0.15, -0.1) is 0 Å². The van der Waals surface area contributed by atoms with Gasteiger partial charge in [0.2, 0.25) is 0 Å². The van der Waals surface area contributed by atoms with Crippen molar-refractivity contribution in [2.45, 2.75) is 9.79 Å². The first-order chi connectivity index (χ1) is 11.9.